The van der Waals surface area contributed by atoms with Crippen molar-refractivity contribution in [2.24, 2.45) is 0 Å². The molecular weight excluding hydrogens is 446 g/mol. The number of halogens is 7. The maximum atomic E-state index is 13.2. The lowest BCUT2D eigenvalue weighted by Crippen LogP contribution is -2.32. The van der Waals surface area contributed by atoms with E-state index < -0.39 is 47.6 Å². The van der Waals surface area contributed by atoms with Crippen LogP contribution in [-0.4, -0.2) is 17.0 Å². The van der Waals surface area contributed by atoms with E-state index in [1.807, 2.05) is 0 Å². The molecule has 0 unspecified atom stereocenters. The van der Waals surface area contributed by atoms with Gasteiger partial charge in [-0.15, -0.1) is 0 Å². The summed E-state index contributed by atoms with van der Waals surface area (Å²) < 4.78 is 79.2. The molecule has 0 spiro atoms. The highest BCUT2D eigenvalue weighted by molar-refractivity contribution is 6.31. The summed E-state index contributed by atoms with van der Waals surface area (Å²) in [5.41, 5.74) is -0.808. The third kappa shape index (κ3) is 3.95. The fourth-order valence-corrected chi connectivity index (χ4v) is 4.75. The molecule has 4 rings (SSSR count). The number of nitrogens with one attached hydrogen (secondary N) is 1. The lowest BCUT2D eigenvalue weighted by molar-refractivity contribution is -0.138. The van der Waals surface area contributed by atoms with E-state index in [0.717, 1.165) is 30.3 Å². The summed E-state index contributed by atoms with van der Waals surface area (Å²) in [5.74, 6) is 0. The number of amides is 2. The summed E-state index contributed by atoms with van der Waals surface area (Å²) in [6.07, 6.45) is -8.33. The molecule has 10 heteroatoms. The van der Waals surface area contributed by atoms with E-state index in [1.54, 1.807) is 6.07 Å². The second kappa shape index (κ2) is 7.32. The third-order valence-electron chi connectivity index (χ3n) is 5.80. The molecule has 3 nitrogen and oxygen atoms in total. The van der Waals surface area contributed by atoms with Gasteiger partial charge in [-0.1, -0.05) is 23.2 Å². The van der Waals surface area contributed by atoms with Crippen LogP contribution in [0.3, 0.4) is 0 Å². The number of fused-ring (bicyclic) bond motifs is 1. The van der Waals surface area contributed by atoms with Crippen LogP contribution in [0.4, 0.5) is 31.1 Å². The van der Waals surface area contributed by atoms with Gasteiger partial charge in [0.25, 0.3) is 0 Å². The minimum atomic E-state index is -4.57. The summed E-state index contributed by atoms with van der Waals surface area (Å²) in [6, 6.07) is 4.13. The van der Waals surface area contributed by atoms with Crippen LogP contribution in [-0.2, 0) is 12.4 Å². The molecule has 2 amide bonds. The molecule has 3 atom stereocenters. The number of benzene rings is 2. The first-order valence-electron chi connectivity index (χ1n) is 9.50. The van der Waals surface area contributed by atoms with Gasteiger partial charge in [-0.2, -0.15) is 26.3 Å². The Labute approximate surface area is 179 Å². The summed E-state index contributed by atoms with van der Waals surface area (Å²) >= 11 is 6.16. The monoisotopic (exact) mass is 462 g/mol. The Morgan fingerprint density at radius 3 is 2.29 bits per heavy atom. The molecule has 2 aliphatic heterocycles. The molecule has 2 heterocycles. The Bertz CT molecular complexity index is 1040. The van der Waals surface area contributed by atoms with Gasteiger partial charge in [0.05, 0.1) is 29.3 Å². The number of hydrogen-bond donors (Lipinski definition) is 1. The van der Waals surface area contributed by atoms with Crippen LogP contribution in [0.1, 0.15) is 52.7 Å². The molecule has 2 fully saturated rings. The van der Waals surface area contributed by atoms with Crippen LogP contribution in [0, 0.1) is 6.92 Å². The molecule has 2 aliphatic rings. The zero-order chi connectivity index (χ0) is 22.7. The maximum absolute atomic E-state index is 13.2. The van der Waals surface area contributed by atoms with Crippen LogP contribution in [0.2, 0.25) is 5.02 Å². The van der Waals surface area contributed by atoms with Crippen LogP contribution < -0.4 is 5.32 Å². The first kappa shape index (κ1) is 21.8. The van der Waals surface area contributed by atoms with E-state index in [-0.39, 0.29) is 10.6 Å². The van der Waals surface area contributed by atoms with Gasteiger partial charge in [-0.25, -0.2) is 4.79 Å². The van der Waals surface area contributed by atoms with Crippen molar-refractivity contribution >= 4 is 17.6 Å². The second-order valence-corrected chi connectivity index (χ2v) is 8.27. The molecule has 0 bridgehead atoms. The highest BCUT2D eigenvalue weighted by Gasteiger charge is 2.49. The van der Waals surface area contributed by atoms with Gasteiger partial charge in [0, 0.05) is 5.02 Å². The number of aryl methyl sites for hydroxylation is 1. The van der Waals surface area contributed by atoms with Crippen LogP contribution >= 0.6 is 11.6 Å². The van der Waals surface area contributed by atoms with Crippen molar-refractivity contribution in [2.75, 3.05) is 0 Å². The zero-order valence-corrected chi connectivity index (χ0v) is 16.9. The van der Waals surface area contributed by atoms with E-state index in [2.05, 4.69) is 5.32 Å². The van der Waals surface area contributed by atoms with Gasteiger partial charge >= 0.3 is 18.4 Å². The van der Waals surface area contributed by atoms with Gasteiger partial charge in [-0.3, -0.25) is 0 Å². The van der Waals surface area contributed by atoms with Crippen molar-refractivity contribution in [3.63, 3.8) is 0 Å². The van der Waals surface area contributed by atoms with Crippen LogP contribution in [0.15, 0.2) is 36.4 Å². The number of alkyl halides is 6. The molecule has 2 aromatic rings. The summed E-state index contributed by atoms with van der Waals surface area (Å²) in [5, 5.41) is 2.80. The summed E-state index contributed by atoms with van der Waals surface area (Å²) in [4.78, 5) is 14.1. The average Bonchev–Trinajstić information content (AvgIpc) is 3.21. The minimum absolute atomic E-state index is 0.102. The topological polar surface area (TPSA) is 32.3 Å². The molecular formula is C21H17ClF6N2O. The second-order valence-electron chi connectivity index (χ2n) is 7.86. The van der Waals surface area contributed by atoms with Crippen molar-refractivity contribution in [3.8, 4) is 0 Å². The summed E-state index contributed by atoms with van der Waals surface area (Å²) in [6.45, 7) is 1.53. The predicted octanol–water partition coefficient (Wildman–Crippen LogP) is 6.66. The third-order valence-corrected chi connectivity index (χ3v) is 6.14. The number of rotatable bonds is 2. The van der Waals surface area contributed by atoms with Gasteiger partial charge in [0.1, 0.15) is 0 Å². The first-order valence-corrected chi connectivity index (χ1v) is 9.88. The number of hydrogen-bond acceptors (Lipinski definition) is 1. The van der Waals surface area contributed by atoms with Crippen molar-refractivity contribution in [3.05, 3.63) is 69.2 Å². The van der Waals surface area contributed by atoms with Crippen LogP contribution in [0.5, 0.6) is 0 Å². The minimum Gasteiger partial charge on any atom is -0.329 e. The van der Waals surface area contributed by atoms with E-state index in [1.165, 1.54) is 11.8 Å². The van der Waals surface area contributed by atoms with Crippen molar-refractivity contribution in [1.29, 1.82) is 0 Å². The smallest absolute Gasteiger partial charge is 0.329 e. The standard InChI is InChI=1S/C21H17ClF6N2O/c1-10-6-11(8-13(7-10)21(26,27)28)18-17-5-4-16(30(17)19(31)29-18)14-9-12(20(23,24)25)2-3-15(14)22/h2-3,6-9,16-18H,4-5H2,1H3,(H,29,31)/t16-,17-,18+/m0/s1. The molecule has 166 valence electrons. The molecule has 0 saturated carbocycles. The number of nitrogens with zero attached hydrogens (tertiary/aromatic N) is 1. The number of carbonyl (C=O) groups excluding carboxylic acids is 1. The highest BCUT2D eigenvalue weighted by atomic mass is 35.5. The number of urea groups is 1. The van der Waals surface area contributed by atoms with E-state index in [0.29, 0.717) is 24.0 Å². The molecule has 2 aromatic carbocycles. The Morgan fingerprint density at radius 1 is 0.968 bits per heavy atom. The quantitative estimate of drug-likeness (QED) is 0.497. The van der Waals surface area contributed by atoms with Crippen molar-refractivity contribution in [2.45, 2.75) is 50.2 Å². The Hall–Kier alpha value is -2.42. The number of carbonyl (C=O) groups is 1. The maximum Gasteiger partial charge on any atom is 0.416 e. The predicted molar refractivity (Wildman–Crippen MR) is 102 cm³/mol. The largest absolute Gasteiger partial charge is 0.416 e. The Morgan fingerprint density at radius 2 is 1.65 bits per heavy atom. The Kier molecular flexibility index (Phi) is 5.15. The van der Waals surface area contributed by atoms with E-state index in [9.17, 15) is 31.1 Å². The van der Waals surface area contributed by atoms with Crippen molar-refractivity contribution in [1.82, 2.24) is 10.2 Å². The lowest BCUT2D eigenvalue weighted by Gasteiger charge is -2.26. The molecule has 31 heavy (non-hydrogen) atoms. The van der Waals surface area contributed by atoms with E-state index >= 15 is 0 Å². The molecule has 0 aromatic heterocycles. The fourth-order valence-electron chi connectivity index (χ4n) is 4.50. The molecule has 2 saturated heterocycles. The van der Waals surface area contributed by atoms with Gasteiger partial charge in [-0.05, 0) is 61.2 Å². The lowest BCUT2D eigenvalue weighted by atomic mass is 9.95. The van der Waals surface area contributed by atoms with Gasteiger partial charge in [0.2, 0.25) is 0 Å². The van der Waals surface area contributed by atoms with Crippen molar-refractivity contribution < 1.29 is 31.1 Å². The van der Waals surface area contributed by atoms with Crippen LogP contribution in [0.25, 0.3) is 0 Å². The average molecular weight is 463 g/mol. The molecule has 1 N–H and O–H groups in total. The van der Waals surface area contributed by atoms with Gasteiger partial charge in [0.15, 0.2) is 0 Å². The normalized spacial score (nSPS) is 23.8. The SMILES string of the molecule is Cc1cc([C@H]2NC(=O)N3[C@H](c4cc(C(F)(F)F)ccc4Cl)CC[C@@H]23)cc(C(F)(F)F)c1. The Balaban J connectivity index is 1.69. The molecule has 0 aliphatic carbocycles. The van der Waals surface area contributed by atoms with Gasteiger partial charge < -0.3 is 10.2 Å². The molecule has 0 radical (unpaired) electrons. The zero-order valence-electron chi connectivity index (χ0n) is 16.1. The highest BCUT2D eigenvalue weighted by Crippen LogP contribution is 2.47. The first-order chi connectivity index (χ1) is 14.4. The fraction of sp³-hybridized carbons (Fsp3) is 0.381. The van der Waals surface area contributed by atoms with E-state index in [4.69, 9.17) is 11.6 Å². The summed E-state index contributed by atoms with van der Waals surface area (Å²) in [7, 11) is 0.